The number of carbonyl (C=O) groups is 2. The third-order valence-corrected chi connectivity index (χ3v) is 7.17. The number of benzene rings is 1. The summed E-state index contributed by atoms with van der Waals surface area (Å²) in [6.45, 7) is 1.09. The minimum atomic E-state index is -3.73. The molecule has 0 bridgehead atoms. The molecular weight excluding hydrogens is 489 g/mol. The second-order valence-electron chi connectivity index (χ2n) is 7.84. The predicted octanol–water partition coefficient (Wildman–Crippen LogP) is 2.51. The first-order valence-corrected chi connectivity index (χ1v) is 11.9. The number of aromatic nitrogens is 2. The van der Waals surface area contributed by atoms with E-state index >= 15 is 0 Å². The van der Waals surface area contributed by atoms with Crippen molar-refractivity contribution in [1.29, 1.82) is 0 Å². The van der Waals surface area contributed by atoms with Gasteiger partial charge in [-0.3, -0.25) is 9.48 Å². The molecule has 0 saturated carbocycles. The molecule has 2 aromatic rings. The molecular formula is C21H27ClFN5O5S. The van der Waals surface area contributed by atoms with Gasteiger partial charge in [0.1, 0.15) is 16.4 Å². The van der Waals surface area contributed by atoms with Crippen molar-refractivity contribution in [2.24, 2.45) is 0 Å². The number of sulfonamides is 1. The van der Waals surface area contributed by atoms with Crippen LogP contribution in [-0.4, -0.2) is 79.2 Å². The van der Waals surface area contributed by atoms with Crippen LogP contribution in [0.25, 0.3) is 0 Å². The van der Waals surface area contributed by atoms with E-state index in [0.29, 0.717) is 16.8 Å². The Morgan fingerprint density at radius 3 is 2.44 bits per heavy atom. The topological polar surface area (TPSA) is 125 Å². The van der Waals surface area contributed by atoms with Gasteiger partial charge in [-0.2, -0.15) is 5.10 Å². The number of amides is 2. The molecule has 186 valence electrons. The summed E-state index contributed by atoms with van der Waals surface area (Å²) in [5.41, 5.74) is 1.83. The van der Waals surface area contributed by atoms with Crippen LogP contribution in [0.1, 0.15) is 27.3 Å². The van der Waals surface area contributed by atoms with Crippen LogP contribution >= 0.6 is 11.6 Å². The number of nitrogens with one attached hydrogen (secondary N) is 1. The maximum absolute atomic E-state index is 14.4. The Morgan fingerprint density at radius 1 is 1.26 bits per heavy atom. The van der Waals surface area contributed by atoms with Gasteiger partial charge >= 0.3 is 6.09 Å². The molecule has 1 aromatic heterocycles. The molecule has 2 amide bonds. The first kappa shape index (κ1) is 27.3. The third kappa shape index (κ3) is 6.33. The van der Waals surface area contributed by atoms with Gasteiger partial charge in [-0.25, -0.2) is 21.9 Å². The Balaban J connectivity index is 2.45. The predicted molar refractivity (Wildman–Crippen MR) is 125 cm³/mol. The van der Waals surface area contributed by atoms with Crippen molar-refractivity contribution in [3.05, 3.63) is 57.6 Å². The SMILES string of the molecule is Cc1nn(CC(F)=CCNC(=O)O)c(C(=O)N(C)C)c1Cc1ccc(S(=O)(=O)N(C)C)c(Cl)c1. The summed E-state index contributed by atoms with van der Waals surface area (Å²) in [6, 6.07) is 4.51. The molecule has 0 unspecified atom stereocenters. The van der Waals surface area contributed by atoms with Crippen molar-refractivity contribution in [3.63, 3.8) is 0 Å². The van der Waals surface area contributed by atoms with E-state index in [1.165, 1.54) is 35.8 Å². The Morgan fingerprint density at radius 2 is 1.91 bits per heavy atom. The zero-order valence-corrected chi connectivity index (χ0v) is 21.0. The second-order valence-corrected chi connectivity index (χ2v) is 10.4. The van der Waals surface area contributed by atoms with E-state index in [-0.39, 0.29) is 35.1 Å². The van der Waals surface area contributed by atoms with Crippen molar-refractivity contribution in [2.75, 3.05) is 34.7 Å². The van der Waals surface area contributed by atoms with E-state index in [0.717, 1.165) is 10.4 Å². The molecule has 0 fully saturated rings. The number of rotatable bonds is 9. The summed E-state index contributed by atoms with van der Waals surface area (Å²) in [5.74, 6) is -1.07. The van der Waals surface area contributed by atoms with Gasteiger partial charge < -0.3 is 15.3 Å². The molecule has 0 aliphatic rings. The Labute approximate surface area is 202 Å². The third-order valence-electron chi connectivity index (χ3n) is 4.87. The van der Waals surface area contributed by atoms with Crippen molar-refractivity contribution < 1.29 is 27.5 Å². The highest BCUT2D eigenvalue weighted by Crippen LogP contribution is 2.27. The highest BCUT2D eigenvalue weighted by molar-refractivity contribution is 7.89. The lowest BCUT2D eigenvalue weighted by Crippen LogP contribution is -2.26. The summed E-state index contributed by atoms with van der Waals surface area (Å²) < 4.78 is 41.5. The number of allylic oxidation sites excluding steroid dienone is 1. The van der Waals surface area contributed by atoms with E-state index < -0.39 is 27.9 Å². The summed E-state index contributed by atoms with van der Waals surface area (Å²) in [6.07, 6.45) is -0.0274. The van der Waals surface area contributed by atoms with Crippen LogP contribution in [0.3, 0.4) is 0 Å². The molecule has 0 saturated heterocycles. The van der Waals surface area contributed by atoms with E-state index in [9.17, 15) is 22.4 Å². The Bertz CT molecular complexity index is 1220. The minimum Gasteiger partial charge on any atom is -0.465 e. The van der Waals surface area contributed by atoms with Gasteiger partial charge in [-0.05, 0) is 30.7 Å². The maximum atomic E-state index is 14.4. The monoisotopic (exact) mass is 515 g/mol. The zero-order chi connectivity index (χ0) is 25.8. The average molecular weight is 516 g/mol. The van der Waals surface area contributed by atoms with Crippen LogP contribution in [0.5, 0.6) is 0 Å². The van der Waals surface area contributed by atoms with Crippen molar-refractivity contribution >= 4 is 33.6 Å². The van der Waals surface area contributed by atoms with Crippen LogP contribution in [-0.2, 0) is 23.0 Å². The van der Waals surface area contributed by atoms with Gasteiger partial charge in [-0.15, -0.1) is 0 Å². The van der Waals surface area contributed by atoms with Gasteiger partial charge in [0.15, 0.2) is 0 Å². The number of hydrogen-bond donors (Lipinski definition) is 2. The Hall–Kier alpha value is -2.96. The lowest BCUT2D eigenvalue weighted by atomic mass is 10.0. The fourth-order valence-electron chi connectivity index (χ4n) is 3.12. The summed E-state index contributed by atoms with van der Waals surface area (Å²) in [5, 5.41) is 15.0. The number of carbonyl (C=O) groups excluding carboxylic acids is 1. The van der Waals surface area contributed by atoms with E-state index in [2.05, 4.69) is 5.10 Å². The standard InChI is InChI=1S/C21H27ClFN5O5S/c1-13-16(10-14-6-7-18(17(22)11-14)34(32,33)27(4)5)19(20(29)26(2)3)28(25-13)12-15(23)8-9-24-21(30)31/h6-8,11,24H,9-10,12H2,1-5H3,(H,30,31). The van der Waals surface area contributed by atoms with Crippen LogP contribution < -0.4 is 5.32 Å². The molecule has 34 heavy (non-hydrogen) atoms. The van der Waals surface area contributed by atoms with Crippen LogP contribution in [0.4, 0.5) is 9.18 Å². The smallest absolute Gasteiger partial charge is 0.404 e. The van der Waals surface area contributed by atoms with Gasteiger partial charge in [-0.1, -0.05) is 17.7 Å². The average Bonchev–Trinajstić information content (AvgIpc) is 3.01. The molecule has 1 aromatic carbocycles. The number of aryl methyl sites for hydroxylation is 1. The number of nitrogens with zero attached hydrogens (tertiary/aromatic N) is 4. The van der Waals surface area contributed by atoms with Gasteiger partial charge in [0.2, 0.25) is 10.0 Å². The number of carboxylic acid groups (broad SMARTS) is 1. The van der Waals surface area contributed by atoms with E-state index in [4.69, 9.17) is 16.7 Å². The molecule has 2 rings (SSSR count). The minimum absolute atomic E-state index is 0.0386. The number of halogens is 2. The zero-order valence-electron chi connectivity index (χ0n) is 19.5. The molecule has 0 atom stereocenters. The Kier molecular flexibility index (Phi) is 8.81. The van der Waals surface area contributed by atoms with Gasteiger partial charge in [0.05, 0.1) is 17.3 Å². The molecule has 0 aliphatic carbocycles. The largest absolute Gasteiger partial charge is 0.465 e. The molecule has 0 aliphatic heterocycles. The fraction of sp³-hybridized carbons (Fsp3) is 0.381. The molecule has 13 heteroatoms. The lowest BCUT2D eigenvalue weighted by Gasteiger charge is -2.15. The normalized spacial score (nSPS) is 12.2. The summed E-state index contributed by atoms with van der Waals surface area (Å²) in [4.78, 5) is 24.8. The van der Waals surface area contributed by atoms with Crippen LogP contribution in [0.2, 0.25) is 5.02 Å². The summed E-state index contributed by atoms with van der Waals surface area (Å²) in [7, 11) is 2.19. The first-order chi connectivity index (χ1) is 15.7. The fourth-order valence-corrected chi connectivity index (χ4v) is 4.55. The van der Waals surface area contributed by atoms with E-state index in [1.54, 1.807) is 27.1 Å². The van der Waals surface area contributed by atoms with Crippen molar-refractivity contribution in [3.8, 4) is 0 Å². The first-order valence-electron chi connectivity index (χ1n) is 10.1. The van der Waals surface area contributed by atoms with Crippen molar-refractivity contribution in [2.45, 2.75) is 24.8 Å². The molecule has 0 radical (unpaired) electrons. The van der Waals surface area contributed by atoms with Crippen LogP contribution in [0, 0.1) is 6.92 Å². The molecule has 1 heterocycles. The highest BCUT2D eigenvalue weighted by Gasteiger charge is 2.25. The van der Waals surface area contributed by atoms with E-state index in [1.807, 2.05) is 5.32 Å². The molecule has 0 spiro atoms. The summed E-state index contributed by atoms with van der Waals surface area (Å²) >= 11 is 6.25. The molecule has 10 nitrogen and oxygen atoms in total. The number of hydrogen-bond acceptors (Lipinski definition) is 5. The van der Waals surface area contributed by atoms with Gasteiger partial charge in [0, 0.05) is 46.7 Å². The van der Waals surface area contributed by atoms with Gasteiger partial charge in [0.25, 0.3) is 5.91 Å². The second kappa shape index (κ2) is 11.0. The van der Waals surface area contributed by atoms with Crippen LogP contribution in [0.15, 0.2) is 35.0 Å². The van der Waals surface area contributed by atoms with Crippen molar-refractivity contribution in [1.82, 2.24) is 24.3 Å². The maximum Gasteiger partial charge on any atom is 0.404 e. The lowest BCUT2D eigenvalue weighted by molar-refractivity contribution is 0.0814. The quantitative estimate of drug-likeness (QED) is 0.528. The highest BCUT2D eigenvalue weighted by atomic mass is 35.5. The molecule has 2 N–H and O–H groups in total.